The second-order valence-electron chi connectivity index (χ2n) is 4.50. The van der Waals surface area contributed by atoms with Gasteiger partial charge >= 0.3 is 0 Å². The molecule has 4 heteroatoms. The molecule has 0 aromatic carbocycles. The third-order valence-electron chi connectivity index (χ3n) is 3.34. The molecule has 1 saturated heterocycles. The maximum atomic E-state index is 10.6. The lowest BCUT2D eigenvalue weighted by atomic mass is 9.85. The normalized spacial score (nSPS) is 21.4. The van der Waals surface area contributed by atoms with Crippen molar-refractivity contribution in [2.75, 3.05) is 19.8 Å². The topological polar surface area (TPSA) is 38.7 Å². The van der Waals surface area contributed by atoms with E-state index in [1.807, 2.05) is 18.4 Å². The van der Waals surface area contributed by atoms with E-state index < -0.39 is 11.7 Å². The minimum absolute atomic E-state index is 0.458. The minimum atomic E-state index is -0.545. The quantitative estimate of drug-likeness (QED) is 0.900. The van der Waals surface area contributed by atoms with E-state index >= 15 is 0 Å². The second kappa shape index (κ2) is 5.48. The number of aliphatic hydroxyl groups is 1. The van der Waals surface area contributed by atoms with Gasteiger partial charge in [0, 0.05) is 37.5 Å². The minimum Gasteiger partial charge on any atom is -0.385 e. The second-order valence-corrected chi connectivity index (χ2v) is 5.62. The lowest BCUT2D eigenvalue weighted by Crippen LogP contribution is -2.44. The van der Waals surface area contributed by atoms with Gasteiger partial charge in [-0.1, -0.05) is 0 Å². The summed E-state index contributed by atoms with van der Waals surface area (Å²) < 4.78 is 11.2. The predicted molar refractivity (Wildman–Crippen MR) is 68.4 cm³/mol. The highest BCUT2D eigenvalue weighted by molar-refractivity contribution is 7.10. The molecule has 1 aliphatic heterocycles. The van der Waals surface area contributed by atoms with E-state index in [2.05, 4.69) is 6.92 Å². The van der Waals surface area contributed by atoms with Gasteiger partial charge in [-0.25, -0.2) is 0 Å². The molecule has 1 fully saturated rings. The van der Waals surface area contributed by atoms with Gasteiger partial charge in [-0.2, -0.15) is 0 Å². The molecule has 17 heavy (non-hydrogen) atoms. The fourth-order valence-electron chi connectivity index (χ4n) is 2.41. The van der Waals surface area contributed by atoms with E-state index in [0.717, 1.165) is 18.4 Å². The molecular weight excluding hydrogens is 236 g/mol. The monoisotopic (exact) mass is 256 g/mol. The summed E-state index contributed by atoms with van der Waals surface area (Å²) in [5, 5.41) is 12.6. The average molecular weight is 256 g/mol. The third kappa shape index (κ3) is 2.71. The molecule has 0 aliphatic carbocycles. The molecule has 1 N–H and O–H groups in total. The molecule has 2 heterocycles. The molecule has 0 saturated carbocycles. The van der Waals surface area contributed by atoms with E-state index in [1.165, 1.54) is 4.88 Å². The summed E-state index contributed by atoms with van der Waals surface area (Å²) in [5.74, 6) is 0. The van der Waals surface area contributed by atoms with Gasteiger partial charge in [0.1, 0.15) is 11.7 Å². The van der Waals surface area contributed by atoms with Crippen molar-refractivity contribution in [2.24, 2.45) is 0 Å². The lowest BCUT2D eigenvalue weighted by Gasteiger charge is -2.40. The third-order valence-corrected chi connectivity index (χ3v) is 4.22. The highest BCUT2D eigenvalue weighted by Crippen LogP contribution is 2.38. The van der Waals surface area contributed by atoms with Gasteiger partial charge in [-0.05, 0) is 30.9 Å². The van der Waals surface area contributed by atoms with Crippen molar-refractivity contribution in [3.8, 4) is 0 Å². The van der Waals surface area contributed by atoms with Crippen molar-refractivity contribution in [1.29, 1.82) is 0 Å². The van der Waals surface area contributed by atoms with Crippen LogP contribution in [0.15, 0.2) is 11.4 Å². The molecule has 1 aromatic heterocycles. The van der Waals surface area contributed by atoms with Crippen molar-refractivity contribution < 1.29 is 14.6 Å². The molecule has 1 unspecified atom stereocenters. The Balaban J connectivity index is 2.20. The highest BCUT2D eigenvalue weighted by Gasteiger charge is 2.41. The van der Waals surface area contributed by atoms with Crippen LogP contribution in [0.1, 0.15) is 36.3 Å². The molecule has 96 valence electrons. The number of hydrogen-bond donors (Lipinski definition) is 1. The number of aliphatic hydroxyl groups excluding tert-OH is 1. The summed E-state index contributed by atoms with van der Waals surface area (Å²) in [6.07, 6.45) is 0.977. The van der Waals surface area contributed by atoms with Gasteiger partial charge in [-0.15, -0.1) is 11.3 Å². The van der Waals surface area contributed by atoms with Crippen LogP contribution in [-0.4, -0.2) is 30.5 Å². The largest absolute Gasteiger partial charge is 0.385 e. The molecule has 0 amide bonds. The standard InChI is InChI=1S/C13H20O3S/c1-3-16-13(4-6-15-7-5-13)12(14)11-8-10(2)17-9-11/h8-9,12,14H,3-7H2,1-2H3. The van der Waals surface area contributed by atoms with Crippen LogP contribution in [-0.2, 0) is 9.47 Å². The Kier molecular flexibility index (Phi) is 4.20. The molecule has 1 atom stereocenters. The van der Waals surface area contributed by atoms with Crippen LogP contribution >= 0.6 is 11.3 Å². The maximum Gasteiger partial charge on any atom is 0.109 e. The smallest absolute Gasteiger partial charge is 0.109 e. The number of hydrogen-bond acceptors (Lipinski definition) is 4. The number of thiophene rings is 1. The Hall–Kier alpha value is -0.420. The summed E-state index contributed by atoms with van der Waals surface area (Å²) in [4.78, 5) is 1.22. The van der Waals surface area contributed by atoms with Gasteiger partial charge in [0.2, 0.25) is 0 Å². The molecule has 1 aliphatic rings. The molecule has 0 spiro atoms. The van der Waals surface area contributed by atoms with Crippen LogP contribution in [0.3, 0.4) is 0 Å². The summed E-state index contributed by atoms with van der Waals surface area (Å²) in [6.45, 7) is 5.99. The number of aryl methyl sites for hydroxylation is 1. The highest BCUT2D eigenvalue weighted by atomic mass is 32.1. The van der Waals surface area contributed by atoms with E-state index in [-0.39, 0.29) is 0 Å². The molecule has 0 radical (unpaired) electrons. The Bertz CT molecular complexity index is 350. The lowest BCUT2D eigenvalue weighted by molar-refractivity contribution is -0.167. The van der Waals surface area contributed by atoms with E-state index in [0.29, 0.717) is 19.8 Å². The molecular formula is C13H20O3S. The molecule has 0 bridgehead atoms. The van der Waals surface area contributed by atoms with Crippen LogP contribution in [0.25, 0.3) is 0 Å². The van der Waals surface area contributed by atoms with Crippen LogP contribution in [0.5, 0.6) is 0 Å². The van der Waals surface area contributed by atoms with Crippen molar-refractivity contribution >= 4 is 11.3 Å². The fraction of sp³-hybridized carbons (Fsp3) is 0.692. The van der Waals surface area contributed by atoms with Crippen LogP contribution in [0, 0.1) is 6.92 Å². The van der Waals surface area contributed by atoms with Crippen molar-refractivity contribution in [3.05, 3.63) is 21.9 Å². The summed E-state index contributed by atoms with van der Waals surface area (Å²) >= 11 is 1.67. The van der Waals surface area contributed by atoms with Crippen LogP contribution in [0.2, 0.25) is 0 Å². The predicted octanol–water partition coefficient (Wildman–Crippen LogP) is 2.68. The SMILES string of the molecule is CCOC1(C(O)c2csc(C)c2)CCOCC1. The van der Waals surface area contributed by atoms with E-state index in [1.54, 1.807) is 11.3 Å². The first-order valence-corrected chi connectivity index (χ1v) is 7.01. The number of ether oxygens (including phenoxy) is 2. The zero-order valence-corrected chi connectivity index (χ0v) is 11.3. The van der Waals surface area contributed by atoms with Crippen LogP contribution in [0.4, 0.5) is 0 Å². The first-order chi connectivity index (χ1) is 8.18. The molecule has 3 nitrogen and oxygen atoms in total. The van der Waals surface area contributed by atoms with Gasteiger partial charge in [0.15, 0.2) is 0 Å². The summed E-state index contributed by atoms with van der Waals surface area (Å²) in [6, 6.07) is 2.05. The maximum absolute atomic E-state index is 10.6. The van der Waals surface area contributed by atoms with Gasteiger partial charge in [-0.3, -0.25) is 0 Å². The summed E-state index contributed by atoms with van der Waals surface area (Å²) in [5.41, 5.74) is 0.517. The van der Waals surface area contributed by atoms with Crippen LogP contribution < -0.4 is 0 Å². The molecule has 1 aromatic rings. The van der Waals surface area contributed by atoms with Gasteiger partial charge in [0.05, 0.1) is 0 Å². The summed E-state index contributed by atoms with van der Waals surface area (Å²) in [7, 11) is 0. The average Bonchev–Trinajstić information content (AvgIpc) is 2.76. The van der Waals surface area contributed by atoms with E-state index in [4.69, 9.17) is 9.47 Å². The zero-order chi connectivity index (χ0) is 12.3. The van der Waals surface area contributed by atoms with Crippen molar-refractivity contribution in [3.63, 3.8) is 0 Å². The van der Waals surface area contributed by atoms with Crippen molar-refractivity contribution in [2.45, 2.75) is 38.4 Å². The van der Waals surface area contributed by atoms with Crippen molar-refractivity contribution in [1.82, 2.24) is 0 Å². The van der Waals surface area contributed by atoms with Gasteiger partial charge in [0.25, 0.3) is 0 Å². The Morgan fingerprint density at radius 1 is 1.53 bits per heavy atom. The molecule has 2 rings (SSSR count). The van der Waals surface area contributed by atoms with E-state index in [9.17, 15) is 5.11 Å². The Morgan fingerprint density at radius 3 is 2.76 bits per heavy atom. The van der Waals surface area contributed by atoms with Gasteiger partial charge < -0.3 is 14.6 Å². The Morgan fingerprint density at radius 2 is 2.24 bits per heavy atom. The fourth-order valence-corrected chi connectivity index (χ4v) is 3.13. The first kappa shape index (κ1) is 13.0. The zero-order valence-electron chi connectivity index (χ0n) is 10.4. The first-order valence-electron chi connectivity index (χ1n) is 6.13. The Labute approximate surface area is 106 Å². The number of rotatable bonds is 4.